The molecule has 0 atom stereocenters. The van der Waals surface area contributed by atoms with E-state index in [4.69, 9.17) is 51.1 Å². The SMILES string of the molecule is O=C1c2c(Cl)c(Cl)c(Cl)c(Cl)c2/C2=C(\c3ccccc3)CCOCCN12. The van der Waals surface area contributed by atoms with Crippen molar-refractivity contribution in [3.8, 4) is 0 Å². The zero-order chi connectivity index (χ0) is 18.4. The van der Waals surface area contributed by atoms with Crippen LogP contribution in [0.5, 0.6) is 0 Å². The van der Waals surface area contributed by atoms with Crippen molar-refractivity contribution in [1.29, 1.82) is 0 Å². The van der Waals surface area contributed by atoms with E-state index in [0.29, 0.717) is 37.3 Å². The number of rotatable bonds is 1. The maximum absolute atomic E-state index is 13.1. The van der Waals surface area contributed by atoms with Gasteiger partial charge in [0.15, 0.2) is 0 Å². The summed E-state index contributed by atoms with van der Waals surface area (Å²) < 4.78 is 5.64. The second kappa shape index (κ2) is 7.06. The molecule has 0 spiro atoms. The summed E-state index contributed by atoms with van der Waals surface area (Å²) in [4.78, 5) is 14.8. The van der Waals surface area contributed by atoms with Crippen LogP contribution in [0.3, 0.4) is 0 Å². The fourth-order valence-corrected chi connectivity index (χ4v) is 4.45. The molecule has 0 unspecified atom stereocenters. The van der Waals surface area contributed by atoms with Crippen LogP contribution in [0, 0.1) is 0 Å². The van der Waals surface area contributed by atoms with Gasteiger partial charge in [-0.1, -0.05) is 76.7 Å². The van der Waals surface area contributed by atoms with E-state index in [1.807, 2.05) is 30.3 Å². The zero-order valence-electron chi connectivity index (χ0n) is 13.5. The number of benzene rings is 2. The maximum atomic E-state index is 13.1. The molecule has 0 N–H and O–H groups in total. The molecule has 134 valence electrons. The highest BCUT2D eigenvalue weighted by Crippen LogP contribution is 2.51. The number of amides is 1. The molecule has 0 saturated carbocycles. The van der Waals surface area contributed by atoms with E-state index in [0.717, 1.165) is 16.8 Å². The second-order valence-corrected chi connectivity index (χ2v) is 7.53. The molecule has 2 aromatic rings. The molecule has 0 saturated heterocycles. The van der Waals surface area contributed by atoms with Crippen LogP contribution in [0.1, 0.15) is 27.9 Å². The summed E-state index contributed by atoms with van der Waals surface area (Å²) in [6.45, 7) is 1.39. The van der Waals surface area contributed by atoms with E-state index in [-0.39, 0.29) is 26.0 Å². The third kappa shape index (κ3) is 2.74. The highest BCUT2D eigenvalue weighted by atomic mass is 35.5. The van der Waals surface area contributed by atoms with Crippen LogP contribution < -0.4 is 0 Å². The topological polar surface area (TPSA) is 29.5 Å². The normalized spacial score (nSPS) is 19.8. The van der Waals surface area contributed by atoms with Gasteiger partial charge < -0.3 is 9.64 Å². The number of fused-ring (bicyclic) bond motifs is 3. The standard InChI is InChI=1S/C19H13Cl4NO2/c20-14-12-13(15(21)17(23)16(14)22)19(25)24-7-9-26-8-6-11(18(12)24)10-4-2-1-3-5-10/h1-5H,6-9H2/b18-11+. The van der Waals surface area contributed by atoms with Crippen molar-refractivity contribution in [2.24, 2.45) is 0 Å². The summed E-state index contributed by atoms with van der Waals surface area (Å²) in [5.74, 6) is -0.237. The molecule has 26 heavy (non-hydrogen) atoms. The van der Waals surface area contributed by atoms with Crippen molar-refractivity contribution in [3.63, 3.8) is 0 Å². The molecule has 0 fully saturated rings. The number of carbonyl (C=O) groups is 1. The van der Waals surface area contributed by atoms with Gasteiger partial charge in [0.25, 0.3) is 5.91 Å². The van der Waals surface area contributed by atoms with Crippen molar-refractivity contribution >= 4 is 63.6 Å². The smallest absolute Gasteiger partial charge is 0.260 e. The van der Waals surface area contributed by atoms with E-state index in [1.165, 1.54) is 0 Å². The van der Waals surface area contributed by atoms with Crippen LogP contribution in [0.25, 0.3) is 11.3 Å². The van der Waals surface area contributed by atoms with Crippen LogP contribution in [-0.4, -0.2) is 30.6 Å². The van der Waals surface area contributed by atoms with Gasteiger partial charge in [-0.2, -0.15) is 0 Å². The molecule has 0 bridgehead atoms. The first-order chi connectivity index (χ1) is 12.5. The van der Waals surface area contributed by atoms with Crippen LogP contribution in [0.15, 0.2) is 30.3 Å². The van der Waals surface area contributed by atoms with Crippen LogP contribution in [-0.2, 0) is 4.74 Å². The van der Waals surface area contributed by atoms with Crippen LogP contribution >= 0.6 is 46.4 Å². The fourth-order valence-electron chi connectivity index (χ4n) is 3.42. The Hall–Kier alpha value is -1.23. The summed E-state index contributed by atoms with van der Waals surface area (Å²) in [5, 5.41) is 0.634. The second-order valence-electron chi connectivity index (χ2n) is 6.02. The van der Waals surface area contributed by atoms with Crippen molar-refractivity contribution in [3.05, 3.63) is 67.1 Å². The van der Waals surface area contributed by atoms with Gasteiger partial charge in [0.2, 0.25) is 0 Å². The Morgan fingerprint density at radius 1 is 0.846 bits per heavy atom. The van der Waals surface area contributed by atoms with Gasteiger partial charge in [0.1, 0.15) is 0 Å². The first-order valence-corrected chi connectivity index (χ1v) is 9.58. The largest absolute Gasteiger partial charge is 0.379 e. The van der Waals surface area contributed by atoms with Crippen LogP contribution in [0.4, 0.5) is 0 Å². The average molecular weight is 429 g/mol. The third-order valence-electron chi connectivity index (χ3n) is 4.60. The maximum Gasteiger partial charge on any atom is 0.260 e. The van der Waals surface area contributed by atoms with Crippen molar-refractivity contribution < 1.29 is 9.53 Å². The summed E-state index contributed by atoms with van der Waals surface area (Å²) >= 11 is 25.4. The molecule has 7 heteroatoms. The lowest BCUT2D eigenvalue weighted by Gasteiger charge is -2.25. The van der Waals surface area contributed by atoms with Gasteiger partial charge in [-0.15, -0.1) is 0 Å². The Labute approximate surface area is 171 Å². The Morgan fingerprint density at radius 3 is 2.19 bits per heavy atom. The first-order valence-electron chi connectivity index (χ1n) is 8.07. The predicted octanol–water partition coefficient (Wildman–Crippen LogP) is 6.04. The Bertz CT molecular complexity index is 941. The quantitative estimate of drug-likeness (QED) is 0.409. The lowest BCUT2D eigenvalue weighted by Crippen LogP contribution is -2.29. The molecule has 2 aliphatic rings. The minimum absolute atomic E-state index is 0.0963. The van der Waals surface area contributed by atoms with Gasteiger partial charge >= 0.3 is 0 Å². The lowest BCUT2D eigenvalue weighted by molar-refractivity contribution is 0.0763. The van der Waals surface area contributed by atoms with Crippen molar-refractivity contribution in [1.82, 2.24) is 4.90 Å². The summed E-state index contributed by atoms with van der Waals surface area (Å²) in [5.41, 5.74) is 3.56. The molecule has 2 aromatic carbocycles. The number of hydrogen-bond acceptors (Lipinski definition) is 2. The number of carbonyl (C=O) groups excluding carboxylic acids is 1. The monoisotopic (exact) mass is 427 g/mol. The minimum Gasteiger partial charge on any atom is -0.379 e. The molecular formula is C19H13Cl4NO2. The van der Waals surface area contributed by atoms with Gasteiger partial charge in [-0.3, -0.25) is 4.79 Å². The van der Waals surface area contributed by atoms with Gasteiger partial charge in [0, 0.05) is 12.1 Å². The van der Waals surface area contributed by atoms with Crippen molar-refractivity contribution in [2.45, 2.75) is 6.42 Å². The third-order valence-corrected chi connectivity index (χ3v) is 6.40. The molecule has 2 heterocycles. The highest BCUT2D eigenvalue weighted by molar-refractivity contribution is 6.54. The summed E-state index contributed by atoms with van der Waals surface area (Å²) in [6.07, 6.45) is 0.636. The summed E-state index contributed by atoms with van der Waals surface area (Å²) in [6, 6.07) is 9.84. The average Bonchev–Trinajstić information content (AvgIpc) is 2.91. The molecular weight excluding hydrogens is 416 g/mol. The van der Waals surface area contributed by atoms with E-state index in [2.05, 4.69) is 0 Å². The number of halogens is 4. The molecule has 0 radical (unpaired) electrons. The number of hydrogen-bond donors (Lipinski definition) is 0. The highest BCUT2D eigenvalue weighted by Gasteiger charge is 2.40. The van der Waals surface area contributed by atoms with Crippen molar-refractivity contribution in [2.75, 3.05) is 19.8 Å². The molecule has 2 aliphatic heterocycles. The molecule has 0 aromatic heterocycles. The van der Waals surface area contributed by atoms with Gasteiger partial charge in [-0.05, 0) is 17.6 Å². The Morgan fingerprint density at radius 2 is 1.50 bits per heavy atom. The molecule has 1 amide bonds. The van der Waals surface area contributed by atoms with Gasteiger partial charge in [-0.25, -0.2) is 0 Å². The first kappa shape index (κ1) is 18.1. The number of nitrogens with zero attached hydrogens (tertiary/aromatic N) is 1. The zero-order valence-corrected chi connectivity index (χ0v) is 16.5. The molecule has 4 rings (SSSR count). The van der Waals surface area contributed by atoms with Gasteiger partial charge in [0.05, 0.1) is 44.6 Å². The number of ether oxygens (including phenoxy) is 1. The predicted molar refractivity (Wildman–Crippen MR) is 106 cm³/mol. The van der Waals surface area contributed by atoms with E-state index < -0.39 is 0 Å². The fraction of sp³-hybridized carbons (Fsp3) is 0.211. The Kier molecular flexibility index (Phi) is 4.93. The van der Waals surface area contributed by atoms with Crippen LogP contribution in [0.2, 0.25) is 20.1 Å². The molecule has 3 nitrogen and oxygen atoms in total. The Balaban J connectivity index is 2.09. The van der Waals surface area contributed by atoms with E-state index in [9.17, 15) is 4.79 Å². The molecule has 0 aliphatic carbocycles. The minimum atomic E-state index is -0.237. The lowest BCUT2D eigenvalue weighted by atomic mass is 9.96. The van der Waals surface area contributed by atoms with E-state index in [1.54, 1.807) is 4.90 Å². The summed E-state index contributed by atoms with van der Waals surface area (Å²) in [7, 11) is 0. The van der Waals surface area contributed by atoms with E-state index >= 15 is 0 Å².